The first-order chi connectivity index (χ1) is 38.4. The van der Waals surface area contributed by atoms with E-state index in [-0.39, 0.29) is 24.9 Å². The van der Waals surface area contributed by atoms with Crippen molar-refractivity contribution in [2.24, 2.45) is 0 Å². The molecule has 10 heteroatoms. The normalized spacial score (nSPS) is 12.6. The highest BCUT2D eigenvalue weighted by atomic mass is 16.3. The molecule has 0 aliphatic carbocycles. The second-order valence-corrected chi connectivity index (χ2v) is 24.4. The quantitative estimate of drug-likeness (QED) is 0.0332. The molecule has 466 valence electrons. The van der Waals surface area contributed by atoms with Gasteiger partial charge < -0.3 is 41.3 Å². The van der Waals surface area contributed by atoms with E-state index in [0.717, 1.165) is 77.8 Å². The first kappa shape index (κ1) is 76.7. The number of nitrogens with one attached hydrogen (secondary N) is 4. The van der Waals surface area contributed by atoms with Gasteiger partial charge in [-0.25, -0.2) is 0 Å². The van der Waals surface area contributed by atoms with Gasteiger partial charge in [-0.2, -0.15) is 0 Å². The van der Waals surface area contributed by atoms with Crippen LogP contribution in [0.3, 0.4) is 0 Å². The fraction of sp³-hybridized carbons (Fsp3) is 0.971. The number of rotatable bonds is 67. The van der Waals surface area contributed by atoms with Crippen LogP contribution < -0.4 is 21.3 Å². The molecule has 2 amide bonds. The molecule has 0 bridgehead atoms. The summed E-state index contributed by atoms with van der Waals surface area (Å²) in [5, 5.41) is 35.1. The number of amides is 2. The van der Waals surface area contributed by atoms with Crippen LogP contribution in [0.5, 0.6) is 0 Å². The number of hydrogen-bond acceptors (Lipinski definition) is 8. The van der Waals surface area contributed by atoms with E-state index >= 15 is 0 Å². The van der Waals surface area contributed by atoms with Gasteiger partial charge in [0.2, 0.25) is 11.8 Å². The number of aliphatic hydroxyl groups is 2. The highest BCUT2D eigenvalue weighted by Crippen LogP contribution is 2.16. The van der Waals surface area contributed by atoms with Crippen molar-refractivity contribution < 1.29 is 19.8 Å². The predicted molar refractivity (Wildman–Crippen MR) is 341 cm³/mol. The van der Waals surface area contributed by atoms with Crippen molar-refractivity contribution in [3.05, 3.63) is 0 Å². The van der Waals surface area contributed by atoms with Crippen LogP contribution in [-0.4, -0.2) is 123 Å². The van der Waals surface area contributed by atoms with Crippen molar-refractivity contribution >= 4 is 11.8 Å². The Hall–Kier alpha value is -1.30. The second-order valence-electron chi connectivity index (χ2n) is 24.4. The predicted octanol–water partition coefficient (Wildman–Crippen LogP) is 16.5. The summed E-state index contributed by atoms with van der Waals surface area (Å²) < 4.78 is 0. The van der Waals surface area contributed by atoms with Crippen LogP contribution in [0.1, 0.15) is 336 Å². The maximum absolute atomic E-state index is 12.6. The Morgan fingerprint density at radius 3 is 0.718 bits per heavy atom. The van der Waals surface area contributed by atoms with E-state index in [1.807, 2.05) is 0 Å². The smallest absolute Gasteiger partial charge is 0.233 e. The molecule has 6 N–H and O–H groups in total. The van der Waals surface area contributed by atoms with Gasteiger partial charge in [0, 0.05) is 39.3 Å². The van der Waals surface area contributed by atoms with Crippen molar-refractivity contribution in [2.75, 3.05) is 78.5 Å². The minimum absolute atomic E-state index is 0.0196. The largest absolute Gasteiger partial charge is 0.390 e. The Balaban J connectivity index is 5.01. The summed E-state index contributed by atoms with van der Waals surface area (Å²) in [5.41, 5.74) is 0. The third kappa shape index (κ3) is 60.8. The zero-order chi connectivity index (χ0) is 56.7. The molecule has 0 rings (SSSR count). The fourth-order valence-electron chi connectivity index (χ4n) is 11.2. The van der Waals surface area contributed by atoms with Gasteiger partial charge in [-0.05, 0) is 64.7 Å². The van der Waals surface area contributed by atoms with Crippen molar-refractivity contribution in [1.29, 1.82) is 0 Å². The Morgan fingerprint density at radius 2 is 0.487 bits per heavy atom. The van der Waals surface area contributed by atoms with Crippen molar-refractivity contribution in [2.45, 2.75) is 348 Å². The number of unbranched alkanes of at least 4 members (excludes halogenated alkanes) is 43. The minimum Gasteiger partial charge on any atom is -0.390 e. The van der Waals surface area contributed by atoms with E-state index in [0.29, 0.717) is 26.2 Å². The highest BCUT2D eigenvalue weighted by molar-refractivity contribution is 5.78. The zero-order valence-corrected chi connectivity index (χ0v) is 53.2. The molecule has 0 saturated carbocycles. The van der Waals surface area contributed by atoms with Gasteiger partial charge >= 0.3 is 0 Å². The standard InChI is InChI=1S/C68H140N6O4/c1-5-9-13-17-21-25-29-32-36-40-44-48-54-72-68(78)62-70-60-66(76)64-74(56-50-46-42-38-34-31-27-23-19-15-11-7-3)58-52-51-57-73(55-49-45-41-37-33-30-26-22-18-14-10-6-2)63-65(75)59-69-61-67(77)71-53-47-43-39-35-28-24-20-16-12-8-4/h65-66,69-70,75-76H,5-64H2,1-4H3,(H,71,77)(H,72,78). The molecule has 0 fully saturated rings. The summed E-state index contributed by atoms with van der Waals surface area (Å²) in [7, 11) is 0. The SMILES string of the molecule is CCCCCCCCCCCCCCNC(=O)CNCC(O)CN(CCCCCCCCCCCCCC)CCCCN(CCCCCCCCCCCCCC)CC(O)CNCC(=O)NCCCCCCCCCCCC. The van der Waals surface area contributed by atoms with E-state index in [2.05, 4.69) is 58.8 Å². The van der Waals surface area contributed by atoms with Crippen LogP contribution in [0, 0.1) is 0 Å². The number of aliphatic hydroxyl groups excluding tert-OH is 2. The number of carbonyl (C=O) groups excluding carboxylic acids is 2. The molecule has 2 unspecified atom stereocenters. The van der Waals surface area contributed by atoms with E-state index < -0.39 is 12.2 Å². The third-order valence-electron chi connectivity index (χ3n) is 16.3. The fourth-order valence-corrected chi connectivity index (χ4v) is 11.2. The Bertz CT molecular complexity index is 1180. The first-order valence-electron chi connectivity index (χ1n) is 35.1. The molecule has 0 radical (unpaired) electrons. The number of carbonyl (C=O) groups is 2. The summed E-state index contributed by atoms with van der Waals surface area (Å²) in [6.45, 7) is 17.0. The summed E-state index contributed by atoms with van der Waals surface area (Å²) >= 11 is 0. The molecule has 10 nitrogen and oxygen atoms in total. The minimum atomic E-state index is -0.529. The maximum atomic E-state index is 12.6. The van der Waals surface area contributed by atoms with Gasteiger partial charge in [0.25, 0.3) is 0 Å². The third-order valence-corrected chi connectivity index (χ3v) is 16.3. The summed E-state index contributed by atoms with van der Waals surface area (Å²) in [6, 6.07) is 0. The molecule has 0 spiro atoms. The monoisotopic (exact) mass is 1110 g/mol. The lowest BCUT2D eigenvalue weighted by Crippen LogP contribution is -2.43. The Labute approximate surface area is 487 Å². The van der Waals surface area contributed by atoms with Gasteiger partial charge in [-0.15, -0.1) is 0 Å². The lowest BCUT2D eigenvalue weighted by Gasteiger charge is -2.27. The van der Waals surface area contributed by atoms with E-state index in [9.17, 15) is 19.8 Å². The molecule has 0 aliphatic heterocycles. The number of hydrogen-bond donors (Lipinski definition) is 6. The highest BCUT2D eigenvalue weighted by Gasteiger charge is 2.16. The first-order valence-corrected chi connectivity index (χ1v) is 35.1. The average Bonchev–Trinajstić information content (AvgIpc) is 3.42. The van der Waals surface area contributed by atoms with Crippen LogP contribution in [0.15, 0.2) is 0 Å². The molecular formula is C68H140N6O4. The van der Waals surface area contributed by atoms with E-state index in [4.69, 9.17) is 0 Å². The summed E-state index contributed by atoms with van der Waals surface area (Å²) in [5.74, 6) is 0.0408. The van der Waals surface area contributed by atoms with Crippen molar-refractivity contribution in [1.82, 2.24) is 31.1 Å². The van der Waals surface area contributed by atoms with E-state index in [1.54, 1.807) is 0 Å². The summed E-state index contributed by atoms with van der Waals surface area (Å²) in [6.07, 6.45) is 61.7. The van der Waals surface area contributed by atoms with Gasteiger partial charge in [0.05, 0.1) is 25.3 Å². The van der Waals surface area contributed by atoms with Crippen LogP contribution in [0.25, 0.3) is 0 Å². The summed E-state index contributed by atoms with van der Waals surface area (Å²) in [4.78, 5) is 30.2. The Morgan fingerprint density at radius 1 is 0.295 bits per heavy atom. The lowest BCUT2D eigenvalue weighted by molar-refractivity contribution is -0.121. The van der Waals surface area contributed by atoms with Crippen LogP contribution in [0.2, 0.25) is 0 Å². The van der Waals surface area contributed by atoms with Crippen LogP contribution >= 0.6 is 0 Å². The topological polar surface area (TPSA) is 129 Å². The molecule has 0 heterocycles. The zero-order valence-electron chi connectivity index (χ0n) is 53.2. The molecule has 0 saturated heterocycles. The maximum Gasteiger partial charge on any atom is 0.233 e. The van der Waals surface area contributed by atoms with Gasteiger partial charge in [-0.3, -0.25) is 9.59 Å². The van der Waals surface area contributed by atoms with E-state index in [1.165, 1.54) is 270 Å². The average molecular weight is 1110 g/mol. The molecule has 0 aliphatic rings. The lowest BCUT2D eigenvalue weighted by atomic mass is 10.1. The van der Waals surface area contributed by atoms with Gasteiger partial charge in [-0.1, -0.05) is 297 Å². The Kier molecular flexibility index (Phi) is 63.8. The van der Waals surface area contributed by atoms with Gasteiger partial charge in [0.15, 0.2) is 0 Å². The molecule has 78 heavy (non-hydrogen) atoms. The van der Waals surface area contributed by atoms with Crippen LogP contribution in [-0.2, 0) is 9.59 Å². The molecular weight excluding hydrogens is 965 g/mol. The van der Waals surface area contributed by atoms with Crippen molar-refractivity contribution in [3.8, 4) is 0 Å². The molecule has 0 aromatic rings. The molecule has 0 aromatic heterocycles. The second kappa shape index (κ2) is 64.9. The number of nitrogens with zero attached hydrogens (tertiary/aromatic N) is 2. The van der Waals surface area contributed by atoms with Crippen molar-refractivity contribution in [3.63, 3.8) is 0 Å². The van der Waals surface area contributed by atoms with Crippen LogP contribution in [0.4, 0.5) is 0 Å². The molecule has 2 atom stereocenters. The van der Waals surface area contributed by atoms with Gasteiger partial charge in [0.1, 0.15) is 0 Å². The molecule has 0 aromatic carbocycles.